The molecule has 0 bridgehead atoms. The van der Waals surface area contributed by atoms with E-state index in [0.717, 1.165) is 9.80 Å². The van der Waals surface area contributed by atoms with Crippen molar-refractivity contribution < 1.29 is 147 Å². The van der Waals surface area contributed by atoms with Crippen LogP contribution in [0.15, 0.2) is 237 Å². The number of carbonyl (C=O) groups is 3. The number of alkyl halides is 18. The number of carbonyl (C=O) groups excluding carboxylic acids is 3. The van der Waals surface area contributed by atoms with Gasteiger partial charge in [0.05, 0.1) is 108 Å². The molecule has 0 spiro atoms. The first-order chi connectivity index (χ1) is 62.4. The molecular weight excluding hydrogens is 1850 g/mol. The lowest BCUT2D eigenvalue weighted by molar-refractivity contribution is -0.579. The molecular formula is C96H104F18N6O17. The molecule has 12 rings (SSSR count). The summed E-state index contributed by atoms with van der Waals surface area (Å²) in [7, 11) is 0. The van der Waals surface area contributed by atoms with Gasteiger partial charge in [-0.1, -0.05) is 212 Å². The Morgan fingerprint density at radius 3 is 0.803 bits per heavy atom. The van der Waals surface area contributed by atoms with Gasteiger partial charge in [0.25, 0.3) is 11.1 Å². The molecule has 2 N–H and O–H groups in total. The van der Waals surface area contributed by atoms with Crippen LogP contribution in [0, 0.1) is 30.3 Å². The van der Waals surface area contributed by atoms with Gasteiger partial charge in [-0.25, -0.2) is 14.4 Å². The number of benzene rings is 9. The quantitative estimate of drug-likeness (QED) is 0.0220. The van der Waals surface area contributed by atoms with Gasteiger partial charge in [-0.05, 0) is 145 Å². The van der Waals surface area contributed by atoms with Crippen molar-refractivity contribution >= 4 is 18.3 Å². The summed E-state index contributed by atoms with van der Waals surface area (Å²) in [4.78, 5) is 78.4. The summed E-state index contributed by atoms with van der Waals surface area (Å²) in [5, 5.41) is 56.2. The molecule has 0 aliphatic carbocycles. The van der Waals surface area contributed by atoms with Crippen LogP contribution in [0.3, 0.4) is 0 Å². The van der Waals surface area contributed by atoms with Gasteiger partial charge in [0.2, 0.25) is 6.04 Å². The highest BCUT2D eigenvalue weighted by Gasteiger charge is 2.60. The largest absolute Gasteiger partial charge is 0.445 e. The average Bonchev–Trinajstić information content (AvgIpc) is 0.741. The van der Waals surface area contributed by atoms with E-state index in [1.165, 1.54) is 25.7 Å². The predicted octanol–water partition coefficient (Wildman–Crippen LogP) is 24.6. The molecule has 3 aliphatic rings. The maximum Gasteiger partial charge on any atom is 0.416 e. The molecule has 9 atom stereocenters. The van der Waals surface area contributed by atoms with Crippen molar-refractivity contribution in [1.29, 1.82) is 0 Å². The highest BCUT2D eigenvalue weighted by molar-refractivity contribution is 5.71. The Kier molecular flexibility index (Phi) is 38.5. The van der Waals surface area contributed by atoms with Gasteiger partial charge in [0.1, 0.15) is 33.0 Å². The number of aliphatic hydroxyl groups is 2. The fourth-order valence-corrected chi connectivity index (χ4v) is 15.7. The van der Waals surface area contributed by atoms with Crippen molar-refractivity contribution in [1.82, 2.24) is 14.7 Å². The molecule has 3 aliphatic heterocycles. The normalized spacial score (nSPS) is 20.3. The number of ether oxygens (including phenoxy) is 6. The predicted molar refractivity (Wildman–Crippen MR) is 466 cm³/mol. The van der Waals surface area contributed by atoms with E-state index in [1.54, 1.807) is 182 Å². The molecule has 1 unspecified atom stereocenters. The number of nitro groups is 3. The number of nitrogens with zero attached hydrogens (tertiary/aromatic N) is 6. The second-order valence-corrected chi connectivity index (χ2v) is 32.2. The highest BCUT2D eigenvalue weighted by Crippen LogP contribution is 2.50. The molecule has 9 aromatic carbocycles. The lowest BCUT2D eigenvalue weighted by Crippen LogP contribution is -2.65. The lowest BCUT2D eigenvalue weighted by Gasteiger charge is -2.49. The second-order valence-electron chi connectivity index (χ2n) is 32.2. The van der Waals surface area contributed by atoms with Crippen molar-refractivity contribution in [3.8, 4) is 0 Å². The van der Waals surface area contributed by atoms with Gasteiger partial charge in [-0.15, -0.1) is 0 Å². The van der Waals surface area contributed by atoms with E-state index in [1.807, 2.05) is 0 Å². The fourth-order valence-electron chi connectivity index (χ4n) is 15.7. The number of amides is 3. The molecule has 137 heavy (non-hydrogen) atoms. The molecule has 41 heteroatoms. The van der Waals surface area contributed by atoms with E-state index in [9.17, 15) is 134 Å². The maximum absolute atomic E-state index is 13.7. The van der Waals surface area contributed by atoms with Gasteiger partial charge in [-0.2, -0.15) is 79.0 Å². The Hall–Kier alpha value is -12.5. The lowest BCUT2D eigenvalue weighted by atomic mass is 9.75. The second kappa shape index (κ2) is 46.6. The molecule has 3 heterocycles. The molecule has 0 radical (unpaired) electrons. The van der Waals surface area contributed by atoms with E-state index in [-0.39, 0.29) is 125 Å². The number of hydrogen-bond acceptors (Lipinski definition) is 17. The van der Waals surface area contributed by atoms with Crippen LogP contribution in [0.2, 0.25) is 0 Å². The van der Waals surface area contributed by atoms with E-state index in [0.29, 0.717) is 69.8 Å². The Morgan fingerprint density at radius 2 is 0.584 bits per heavy atom. The van der Waals surface area contributed by atoms with Gasteiger partial charge >= 0.3 is 55.3 Å². The first kappa shape index (κ1) is 113. The first-order valence-electron chi connectivity index (χ1n) is 40.9. The van der Waals surface area contributed by atoms with Gasteiger partial charge in [0, 0.05) is 34.0 Å². The Morgan fingerprint density at radius 1 is 0.358 bits per heavy atom. The fraction of sp³-hybridized carbons (Fsp3) is 0.406. The molecule has 0 aromatic heterocycles. The van der Waals surface area contributed by atoms with Crippen LogP contribution >= 0.6 is 0 Å². The number of likely N-dealkylation sites (tertiary alicyclic amines) is 3. The maximum atomic E-state index is 13.7. The summed E-state index contributed by atoms with van der Waals surface area (Å²) in [6.45, 7) is -1.43. The minimum Gasteiger partial charge on any atom is -0.445 e. The number of hydrogen-bond donors (Lipinski definition) is 2. The Bertz CT molecular complexity index is 5130. The van der Waals surface area contributed by atoms with Crippen molar-refractivity contribution in [2.75, 3.05) is 52.7 Å². The molecule has 3 saturated heterocycles. The summed E-state index contributed by atoms with van der Waals surface area (Å²) < 4.78 is 278. The SMILES string of the molecule is C.C.C.C.C[C@@H](OC[C@@]1(c2ccccc2)CCC([N+](=O)[O-])CN1C(=O)OCc1ccccc1)c1cc(C(F)(F)F)cc(C(F)(F)F)c1.C[C@@H](OC[C@@]1(c2ccccc2)CC[C@@](CO)([N+](=O)[O-])CN1C(=O)OCc1ccccc1)c1cc(C(F)(F)F)cc(C(F)(F)F)c1.C[C@@H](OC[C@@]1(c2ccccc2)CC[C@](CO)([N+](=O)[O-])CN1C(=O)OCc1ccccc1)c1cc(C(F)(F)F)cc(C(F)(F)F)c1. The van der Waals surface area contributed by atoms with Crippen LogP contribution in [0.5, 0.6) is 0 Å². The number of piperidine rings is 3. The van der Waals surface area contributed by atoms with Crippen LogP contribution in [0.4, 0.5) is 93.4 Å². The van der Waals surface area contributed by atoms with Crippen LogP contribution in [-0.2, 0) is 102 Å². The summed E-state index contributed by atoms with van der Waals surface area (Å²) in [5.41, 5.74) is -15.2. The zero-order valence-electron chi connectivity index (χ0n) is 70.9. The summed E-state index contributed by atoms with van der Waals surface area (Å²) in [6, 6.07) is 53.0. The van der Waals surface area contributed by atoms with Gasteiger partial charge in [0.15, 0.2) is 0 Å². The summed E-state index contributed by atoms with van der Waals surface area (Å²) in [6.07, 6.45) is -37.9. The van der Waals surface area contributed by atoms with Crippen molar-refractivity contribution in [2.45, 2.75) is 198 Å². The Balaban J connectivity index is 0.000000311. The minimum atomic E-state index is -5.07. The van der Waals surface area contributed by atoms with Crippen LogP contribution in [0.1, 0.15) is 191 Å². The zero-order chi connectivity index (χ0) is 97.5. The topological polar surface area (TPSA) is 286 Å². The van der Waals surface area contributed by atoms with Crippen LogP contribution in [-0.4, -0.2) is 128 Å². The molecule has 746 valence electrons. The molecule has 9 aromatic rings. The third-order valence-electron chi connectivity index (χ3n) is 23.6. The highest BCUT2D eigenvalue weighted by atomic mass is 19.4. The van der Waals surface area contributed by atoms with Crippen LogP contribution < -0.4 is 0 Å². The number of halogens is 18. The molecule has 0 saturated carbocycles. The standard InChI is InChI=1S/2C31H30F6N2O6.C30H28F6N2O5.4CH4/c2*1-21(23-14-25(30(32,33)34)16-26(15-23)31(35,36)37)45-20-29(24-10-6-3-7-11-24)13-12-28(19-40,39(42)43)18-38(29)27(41)44-17-22-8-4-2-5-9-22;1-20(22-14-24(29(31,32)33)16-25(15-22)30(34,35)36)43-19-28(23-10-6-3-7-11-23)13-12-26(38(40)41)17-37(28)27(39)42-18-21-8-4-2-5-9-21;;;;/h2*2-11,14-16,21,40H,12-13,17-20H2,1H3;2-11,14-16,20,26H,12-13,17-19H2,1H3;4*1H4/t21-,28+,29-;21-,28-,29-;20-,26?,28-;;;;/m111..../s1. The van der Waals surface area contributed by atoms with Crippen molar-refractivity contribution in [3.63, 3.8) is 0 Å². The van der Waals surface area contributed by atoms with Crippen molar-refractivity contribution in [2.24, 2.45) is 0 Å². The Labute approximate surface area is 777 Å². The molecule has 3 fully saturated rings. The third kappa shape index (κ3) is 27.7. The van der Waals surface area contributed by atoms with E-state index >= 15 is 0 Å². The van der Waals surface area contributed by atoms with E-state index in [2.05, 4.69) is 0 Å². The summed E-state index contributed by atoms with van der Waals surface area (Å²) >= 11 is 0. The van der Waals surface area contributed by atoms with E-state index < -0.39 is 206 Å². The number of aliphatic hydroxyl groups excluding tert-OH is 2. The van der Waals surface area contributed by atoms with Crippen LogP contribution in [0.25, 0.3) is 0 Å². The van der Waals surface area contributed by atoms with Crippen molar-refractivity contribution in [3.05, 3.63) is 350 Å². The molecule has 23 nitrogen and oxygen atoms in total. The monoisotopic (exact) mass is 1950 g/mol. The molecule has 3 amide bonds. The first-order valence-corrected chi connectivity index (χ1v) is 40.9. The zero-order valence-corrected chi connectivity index (χ0v) is 70.9. The van der Waals surface area contributed by atoms with E-state index in [4.69, 9.17) is 28.4 Å². The van der Waals surface area contributed by atoms with Gasteiger partial charge < -0.3 is 38.6 Å². The third-order valence-corrected chi connectivity index (χ3v) is 23.6. The summed E-state index contributed by atoms with van der Waals surface area (Å²) in [5.74, 6) is 0. The van der Waals surface area contributed by atoms with Gasteiger partial charge in [-0.3, -0.25) is 45.0 Å². The number of rotatable bonds is 26. The smallest absolute Gasteiger partial charge is 0.416 e. The minimum absolute atomic E-state index is 0. The average molecular weight is 1960 g/mol.